The van der Waals surface area contributed by atoms with Crippen LogP contribution in [0.25, 0.3) is 11.1 Å². The van der Waals surface area contributed by atoms with Crippen LogP contribution in [0.4, 0.5) is 13.2 Å². The van der Waals surface area contributed by atoms with Crippen molar-refractivity contribution in [2.45, 2.75) is 12.1 Å². The summed E-state index contributed by atoms with van der Waals surface area (Å²) in [6.45, 7) is 0. The maximum absolute atomic E-state index is 13.1. The van der Waals surface area contributed by atoms with E-state index in [1.54, 1.807) is 6.07 Å². The minimum atomic E-state index is -4.48. The highest BCUT2D eigenvalue weighted by Gasteiger charge is 2.34. The standard InChI is InChI=1S/C14H8Cl3F3/c15-7-8-4-5-11(14(18,19)20)10(6-8)9-2-1-3-12(16)13(9)17/h1-6H,7H2. The van der Waals surface area contributed by atoms with Crippen molar-refractivity contribution in [1.82, 2.24) is 0 Å². The maximum atomic E-state index is 13.1. The van der Waals surface area contributed by atoms with Gasteiger partial charge in [-0.1, -0.05) is 41.4 Å². The summed E-state index contributed by atoms with van der Waals surface area (Å²) < 4.78 is 39.3. The van der Waals surface area contributed by atoms with Crippen LogP contribution >= 0.6 is 34.8 Å². The van der Waals surface area contributed by atoms with Gasteiger partial charge in [0.05, 0.1) is 15.6 Å². The Labute approximate surface area is 129 Å². The molecule has 0 heterocycles. The first-order chi connectivity index (χ1) is 9.34. The molecule has 0 saturated carbocycles. The van der Waals surface area contributed by atoms with E-state index in [1.165, 1.54) is 24.3 Å². The van der Waals surface area contributed by atoms with Crippen LogP contribution in [0.3, 0.4) is 0 Å². The summed E-state index contributed by atoms with van der Waals surface area (Å²) in [7, 11) is 0. The maximum Gasteiger partial charge on any atom is 0.417 e. The first-order valence-electron chi connectivity index (χ1n) is 5.55. The number of benzene rings is 2. The van der Waals surface area contributed by atoms with Crippen molar-refractivity contribution in [1.29, 1.82) is 0 Å². The van der Waals surface area contributed by atoms with Crippen LogP contribution in [-0.2, 0) is 12.1 Å². The molecule has 106 valence electrons. The number of hydrogen-bond donors (Lipinski definition) is 0. The molecule has 0 bridgehead atoms. The zero-order chi connectivity index (χ0) is 14.9. The molecule has 0 radical (unpaired) electrons. The lowest BCUT2D eigenvalue weighted by Gasteiger charge is -2.15. The summed E-state index contributed by atoms with van der Waals surface area (Å²) in [5, 5.41) is 0.292. The number of rotatable bonds is 2. The van der Waals surface area contributed by atoms with Gasteiger partial charge < -0.3 is 0 Å². The van der Waals surface area contributed by atoms with Crippen LogP contribution in [0.15, 0.2) is 36.4 Å². The highest BCUT2D eigenvalue weighted by molar-refractivity contribution is 6.43. The molecule has 0 aliphatic carbocycles. The van der Waals surface area contributed by atoms with Gasteiger partial charge in [0.15, 0.2) is 0 Å². The monoisotopic (exact) mass is 338 g/mol. The summed E-state index contributed by atoms with van der Waals surface area (Å²) in [5.74, 6) is 0.114. The summed E-state index contributed by atoms with van der Waals surface area (Å²) in [6.07, 6.45) is -4.48. The third kappa shape index (κ3) is 3.05. The van der Waals surface area contributed by atoms with Gasteiger partial charge in [-0.15, -0.1) is 11.6 Å². The molecule has 0 aromatic heterocycles. The SMILES string of the molecule is FC(F)(F)c1ccc(CCl)cc1-c1cccc(Cl)c1Cl. The molecule has 0 aliphatic rings. The van der Waals surface area contributed by atoms with E-state index >= 15 is 0 Å². The Morgan fingerprint density at radius 3 is 2.25 bits per heavy atom. The summed E-state index contributed by atoms with van der Waals surface area (Å²) in [5.41, 5.74) is 0.0165. The third-order valence-electron chi connectivity index (χ3n) is 2.79. The Bertz CT molecular complexity index is 636. The van der Waals surface area contributed by atoms with Gasteiger partial charge in [-0.3, -0.25) is 0 Å². The van der Waals surface area contributed by atoms with Crippen molar-refractivity contribution in [3.63, 3.8) is 0 Å². The second kappa shape index (κ2) is 5.84. The molecule has 0 nitrogen and oxygen atoms in total. The molecule has 20 heavy (non-hydrogen) atoms. The smallest absolute Gasteiger partial charge is 0.166 e. The van der Waals surface area contributed by atoms with Gasteiger partial charge in [0.25, 0.3) is 0 Å². The molecular formula is C14H8Cl3F3. The van der Waals surface area contributed by atoms with Gasteiger partial charge in [0.1, 0.15) is 0 Å². The summed E-state index contributed by atoms with van der Waals surface area (Å²) in [4.78, 5) is 0. The van der Waals surface area contributed by atoms with E-state index in [2.05, 4.69) is 0 Å². The van der Waals surface area contributed by atoms with E-state index in [4.69, 9.17) is 34.8 Å². The van der Waals surface area contributed by atoms with Crippen molar-refractivity contribution in [3.05, 3.63) is 57.6 Å². The molecule has 0 spiro atoms. The molecule has 0 unspecified atom stereocenters. The predicted octanol–water partition coefficient (Wildman–Crippen LogP) is 6.42. The molecule has 2 aromatic rings. The quantitative estimate of drug-likeness (QED) is 0.554. The van der Waals surface area contributed by atoms with Crippen LogP contribution < -0.4 is 0 Å². The van der Waals surface area contributed by atoms with Crippen LogP contribution in [-0.4, -0.2) is 0 Å². The average Bonchev–Trinajstić information content (AvgIpc) is 2.40. The van der Waals surface area contributed by atoms with Crippen molar-refractivity contribution in [3.8, 4) is 11.1 Å². The predicted molar refractivity (Wildman–Crippen MR) is 76.5 cm³/mol. The first-order valence-corrected chi connectivity index (χ1v) is 6.84. The molecule has 0 fully saturated rings. The second-order valence-corrected chi connectivity index (χ2v) is 5.17. The molecule has 6 heteroatoms. The second-order valence-electron chi connectivity index (χ2n) is 4.11. The van der Waals surface area contributed by atoms with Crippen LogP contribution in [0.1, 0.15) is 11.1 Å². The van der Waals surface area contributed by atoms with Crippen molar-refractivity contribution in [2.75, 3.05) is 0 Å². The molecule has 0 amide bonds. The number of halogens is 6. The molecular weight excluding hydrogens is 332 g/mol. The van der Waals surface area contributed by atoms with Gasteiger partial charge in [-0.25, -0.2) is 0 Å². The molecule has 0 atom stereocenters. The van der Waals surface area contributed by atoms with Gasteiger partial charge in [0, 0.05) is 11.4 Å². The third-order valence-corrected chi connectivity index (χ3v) is 3.91. The van der Waals surface area contributed by atoms with Crippen LogP contribution in [0.5, 0.6) is 0 Å². The Morgan fingerprint density at radius 1 is 0.950 bits per heavy atom. The number of hydrogen-bond acceptors (Lipinski definition) is 0. The Hall–Kier alpha value is -0.900. The highest BCUT2D eigenvalue weighted by Crippen LogP contribution is 2.41. The van der Waals surface area contributed by atoms with Gasteiger partial charge in [-0.2, -0.15) is 13.2 Å². The average molecular weight is 340 g/mol. The van der Waals surface area contributed by atoms with E-state index in [9.17, 15) is 13.2 Å². The van der Waals surface area contributed by atoms with Crippen molar-refractivity contribution < 1.29 is 13.2 Å². The normalized spacial score (nSPS) is 11.7. The zero-order valence-corrected chi connectivity index (χ0v) is 12.2. The summed E-state index contributed by atoms with van der Waals surface area (Å²) in [6, 6.07) is 8.30. The van der Waals surface area contributed by atoms with Crippen molar-refractivity contribution in [2.24, 2.45) is 0 Å². The Kier molecular flexibility index (Phi) is 4.52. The van der Waals surface area contributed by atoms with Crippen molar-refractivity contribution >= 4 is 34.8 Å². The fourth-order valence-electron chi connectivity index (χ4n) is 1.86. The fraction of sp³-hybridized carbons (Fsp3) is 0.143. The lowest BCUT2D eigenvalue weighted by atomic mass is 9.97. The molecule has 0 saturated heterocycles. The molecule has 0 N–H and O–H groups in total. The van der Waals surface area contributed by atoms with E-state index in [1.807, 2.05) is 0 Å². The Morgan fingerprint density at radius 2 is 1.65 bits per heavy atom. The largest absolute Gasteiger partial charge is 0.417 e. The lowest BCUT2D eigenvalue weighted by molar-refractivity contribution is -0.137. The summed E-state index contributed by atoms with van der Waals surface area (Å²) >= 11 is 17.6. The van der Waals surface area contributed by atoms with Gasteiger partial charge >= 0.3 is 6.18 Å². The Balaban J connectivity index is 2.73. The highest BCUT2D eigenvalue weighted by atomic mass is 35.5. The molecule has 2 rings (SSSR count). The minimum absolute atomic E-state index is 0.0249. The van der Waals surface area contributed by atoms with E-state index < -0.39 is 11.7 Å². The van der Waals surface area contributed by atoms with E-state index in [-0.39, 0.29) is 27.1 Å². The zero-order valence-electron chi connectivity index (χ0n) is 9.94. The topological polar surface area (TPSA) is 0 Å². The fourth-order valence-corrected chi connectivity index (χ4v) is 2.42. The van der Waals surface area contributed by atoms with E-state index in [0.29, 0.717) is 5.56 Å². The first kappa shape index (κ1) is 15.5. The lowest BCUT2D eigenvalue weighted by Crippen LogP contribution is -2.07. The minimum Gasteiger partial charge on any atom is -0.166 e. The molecule has 2 aromatic carbocycles. The van der Waals surface area contributed by atoms with Gasteiger partial charge in [-0.05, 0) is 29.3 Å². The molecule has 0 aliphatic heterocycles. The van der Waals surface area contributed by atoms with Gasteiger partial charge in [0.2, 0.25) is 0 Å². The van der Waals surface area contributed by atoms with Crippen LogP contribution in [0, 0.1) is 0 Å². The van der Waals surface area contributed by atoms with E-state index in [0.717, 1.165) is 6.07 Å². The number of alkyl halides is 4. The van der Waals surface area contributed by atoms with Crippen LogP contribution in [0.2, 0.25) is 10.0 Å².